The van der Waals surface area contributed by atoms with Crippen molar-refractivity contribution in [2.75, 3.05) is 17.2 Å². The van der Waals surface area contributed by atoms with Crippen LogP contribution in [0.1, 0.15) is 12.8 Å². The molecule has 0 aromatic carbocycles. The summed E-state index contributed by atoms with van der Waals surface area (Å²) in [4.78, 5) is 2.07. The van der Waals surface area contributed by atoms with Crippen LogP contribution in [0.4, 0.5) is 0 Å². The fourth-order valence-corrected chi connectivity index (χ4v) is 5.81. The van der Waals surface area contributed by atoms with Crippen LogP contribution in [0.2, 0.25) is 0 Å². The van der Waals surface area contributed by atoms with E-state index in [4.69, 9.17) is 0 Å². The Kier molecular flexibility index (Phi) is 2.75. The summed E-state index contributed by atoms with van der Waals surface area (Å²) in [6.07, 6.45) is 2.29. The summed E-state index contributed by atoms with van der Waals surface area (Å²) in [5.74, 6) is 0.886. The summed E-state index contributed by atoms with van der Waals surface area (Å²) in [6, 6.07) is 0. The summed E-state index contributed by atoms with van der Waals surface area (Å²) in [6.45, 7) is -0.740. The molecule has 0 fully saturated rings. The van der Waals surface area contributed by atoms with Gasteiger partial charge in [-0.25, -0.2) is 0 Å². The summed E-state index contributed by atoms with van der Waals surface area (Å²) >= 11 is -0.136. The zero-order valence-corrected chi connectivity index (χ0v) is 8.44. The van der Waals surface area contributed by atoms with Gasteiger partial charge in [0.15, 0.2) is 0 Å². The number of hydrogen-bond donors (Lipinski definition) is 0. The zero-order chi connectivity index (χ0) is 6.74. The van der Waals surface area contributed by atoms with Gasteiger partial charge >= 0.3 is 65.4 Å². The normalized spacial score (nSPS) is 36.1. The van der Waals surface area contributed by atoms with Gasteiger partial charge in [-0.2, -0.15) is 0 Å². The van der Waals surface area contributed by atoms with Gasteiger partial charge in [-0.3, -0.25) is 0 Å². The first-order valence-corrected chi connectivity index (χ1v) is 9.37. The minimum absolute atomic E-state index is 0.136. The fraction of sp³-hybridized carbons (Fsp3) is 1.00. The summed E-state index contributed by atoms with van der Waals surface area (Å²) in [5.41, 5.74) is 0. The first-order valence-electron chi connectivity index (χ1n) is 2.99. The second kappa shape index (κ2) is 3.18. The van der Waals surface area contributed by atoms with E-state index >= 15 is 0 Å². The van der Waals surface area contributed by atoms with Crippen LogP contribution in [0.5, 0.6) is 0 Å². The van der Waals surface area contributed by atoms with Gasteiger partial charge < -0.3 is 0 Å². The zero-order valence-electron chi connectivity index (χ0n) is 5.47. The molecule has 1 heterocycles. The van der Waals surface area contributed by atoms with Gasteiger partial charge in [-0.1, -0.05) is 0 Å². The molecule has 0 N–H and O–H groups in total. The fourth-order valence-electron chi connectivity index (χ4n) is 0.783. The second-order valence-electron chi connectivity index (χ2n) is 1.98. The quantitative estimate of drug-likeness (QED) is 0.301. The van der Waals surface area contributed by atoms with Gasteiger partial charge in [0.2, 0.25) is 0 Å². The van der Waals surface area contributed by atoms with Gasteiger partial charge in [0.25, 0.3) is 0 Å². The molecule has 1 aliphatic rings. The standard InChI is InChI=1S/C5H11INOS/c1-6-9(8)5-3-2-4-7-9/h2-5H2,1H3/q-1. The molecule has 0 saturated carbocycles. The Labute approximate surface area is 65.3 Å². The molecule has 1 aliphatic heterocycles. The minimum atomic E-state index is -1.59. The molecule has 1 unspecified atom stereocenters. The first-order chi connectivity index (χ1) is 4.27. The van der Waals surface area contributed by atoms with Crippen LogP contribution in [-0.4, -0.2) is 21.4 Å². The van der Waals surface area contributed by atoms with Crippen molar-refractivity contribution in [1.29, 1.82) is 0 Å². The maximum absolute atomic E-state index is 11.5. The molecule has 4 heteroatoms. The molecule has 0 spiro atoms. The third-order valence-electron chi connectivity index (χ3n) is 1.33. The van der Waals surface area contributed by atoms with E-state index in [0.717, 1.165) is 25.1 Å². The molecule has 0 saturated heterocycles. The van der Waals surface area contributed by atoms with Crippen LogP contribution < -0.4 is 19.8 Å². The van der Waals surface area contributed by atoms with E-state index in [9.17, 15) is 4.21 Å². The number of alkyl halides is 1. The molecule has 0 aromatic heterocycles. The first kappa shape index (κ1) is 7.78. The van der Waals surface area contributed by atoms with Crippen molar-refractivity contribution in [2.45, 2.75) is 12.8 Å². The second-order valence-corrected chi connectivity index (χ2v) is 10.9. The van der Waals surface area contributed by atoms with Crippen molar-refractivity contribution in [2.24, 2.45) is 4.36 Å². The number of nitrogens with zero attached hydrogens (tertiary/aromatic N) is 1. The van der Waals surface area contributed by atoms with Crippen molar-refractivity contribution >= 4 is 6.90 Å². The SMILES string of the molecule is C[I-]S1(=O)=NCCCC1. The van der Waals surface area contributed by atoms with Crippen LogP contribution >= 0.6 is 0 Å². The number of rotatable bonds is 1. The van der Waals surface area contributed by atoms with E-state index in [-0.39, 0.29) is 19.8 Å². The summed E-state index contributed by atoms with van der Waals surface area (Å²) < 4.78 is 15.6. The summed E-state index contributed by atoms with van der Waals surface area (Å²) in [5, 5.41) is 0. The Hall–Kier alpha value is 0.680. The molecule has 0 amide bonds. The Bertz CT molecular complexity index is 195. The van der Waals surface area contributed by atoms with E-state index in [1.54, 1.807) is 0 Å². The Morgan fingerprint density at radius 2 is 2.33 bits per heavy atom. The molecule has 9 heavy (non-hydrogen) atoms. The van der Waals surface area contributed by atoms with E-state index in [1.807, 2.05) is 0 Å². The van der Waals surface area contributed by atoms with Gasteiger partial charge in [0.05, 0.1) is 0 Å². The van der Waals surface area contributed by atoms with E-state index in [1.165, 1.54) is 0 Å². The topological polar surface area (TPSA) is 29.4 Å². The van der Waals surface area contributed by atoms with Crippen LogP contribution in [-0.2, 0) is 6.90 Å². The number of halogens is 1. The average Bonchev–Trinajstić information content (AvgIpc) is 1.90. The molecule has 0 aromatic rings. The van der Waals surface area contributed by atoms with Crippen molar-refractivity contribution < 1.29 is 24.0 Å². The molecule has 56 valence electrons. The van der Waals surface area contributed by atoms with Gasteiger partial charge in [-0.05, 0) is 0 Å². The molecule has 0 bridgehead atoms. The third-order valence-corrected chi connectivity index (χ3v) is 9.46. The predicted octanol–water partition coefficient (Wildman–Crippen LogP) is -2.12. The third kappa shape index (κ3) is 2.07. The predicted molar refractivity (Wildman–Crippen MR) is 35.5 cm³/mol. The van der Waals surface area contributed by atoms with Crippen molar-refractivity contribution in [3.8, 4) is 0 Å². The van der Waals surface area contributed by atoms with Gasteiger partial charge in [0, 0.05) is 0 Å². The monoisotopic (exact) mass is 260 g/mol. The molecule has 0 radical (unpaired) electrons. The van der Waals surface area contributed by atoms with Crippen LogP contribution in [0, 0.1) is 0 Å². The van der Waals surface area contributed by atoms with Gasteiger partial charge in [-0.15, -0.1) is 0 Å². The van der Waals surface area contributed by atoms with Crippen LogP contribution in [0.15, 0.2) is 4.36 Å². The van der Waals surface area contributed by atoms with Crippen LogP contribution in [0.3, 0.4) is 0 Å². The van der Waals surface area contributed by atoms with Crippen molar-refractivity contribution in [3.63, 3.8) is 0 Å². The molecular formula is C5H11INOS-. The molecule has 1 rings (SSSR count). The van der Waals surface area contributed by atoms with Crippen LogP contribution in [0.25, 0.3) is 0 Å². The van der Waals surface area contributed by atoms with E-state index in [0.29, 0.717) is 0 Å². The average molecular weight is 260 g/mol. The molecule has 1 atom stereocenters. The number of hydrogen-bond acceptors (Lipinski definition) is 2. The Morgan fingerprint density at radius 1 is 1.56 bits per heavy atom. The van der Waals surface area contributed by atoms with Gasteiger partial charge in [0.1, 0.15) is 0 Å². The molecular weight excluding hydrogens is 249 g/mol. The van der Waals surface area contributed by atoms with Crippen molar-refractivity contribution in [1.82, 2.24) is 0 Å². The Balaban J connectivity index is 2.76. The Morgan fingerprint density at radius 3 is 2.67 bits per heavy atom. The maximum atomic E-state index is 11.5. The van der Waals surface area contributed by atoms with E-state index < -0.39 is 6.90 Å². The molecule has 0 aliphatic carbocycles. The summed E-state index contributed by atoms with van der Waals surface area (Å²) in [7, 11) is 0. The molecule has 2 nitrogen and oxygen atoms in total. The van der Waals surface area contributed by atoms with E-state index in [2.05, 4.69) is 9.29 Å². The van der Waals surface area contributed by atoms with Crippen molar-refractivity contribution in [3.05, 3.63) is 0 Å².